The summed E-state index contributed by atoms with van der Waals surface area (Å²) in [5.41, 5.74) is 0. The van der Waals surface area contributed by atoms with Crippen molar-refractivity contribution in [3.8, 4) is 0 Å². The first-order valence-corrected chi connectivity index (χ1v) is 6.86. The molecule has 0 aliphatic rings. The van der Waals surface area contributed by atoms with Gasteiger partial charge in [-0.05, 0) is 13.8 Å². The van der Waals surface area contributed by atoms with Crippen LogP contribution < -0.4 is 5.32 Å². The smallest absolute Gasteiger partial charge is 0.264 e. The van der Waals surface area contributed by atoms with E-state index in [1.54, 1.807) is 0 Å². The van der Waals surface area contributed by atoms with E-state index < -0.39 is 9.05 Å². The predicted molar refractivity (Wildman–Crippen MR) is 58.5 cm³/mol. The van der Waals surface area contributed by atoms with Crippen molar-refractivity contribution in [2.45, 2.75) is 31.3 Å². The van der Waals surface area contributed by atoms with Crippen molar-refractivity contribution in [1.82, 2.24) is 15.1 Å². The first kappa shape index (κ1) is 13.0. The summed E-state index contributed by atoms with van der Waals surface area (Å²) in [6.07, 6.45) is 2.31. The van der Waals surface area contributed by atoms with E-state index in [2.05, 4.69) is 10.4 Å². The highest BCUT2D eigenvalue weighted by atomic mass is 35.7. The van der Waals surface area contributed by atoms with Crippen molar-refractivity contribution in [1.29, 1.82) is 0 Å². The molecule has 1 heterocycles. The third-order valence-corrected chi connectivity index (χ3v) is 2.95. The molecule has 1 amide bonds. The lowest BCUT2D eigenvalue weighted by Gasteiger charge is -2.07. The van der Waals surface area contributed by atoms with Crippen LogP contribution in [-0.4, -0.2) is 30.1 Å². The molecule has 0 saturated heterocycles. The molecular formula is C8H12ClN3O3S. The van der Waals surface area contributed by atoms with Gasteiger partial charge >= 0.3 is 0 Å². The number of nitrogens with one attached hydrogen (secondary N) is 1. The predicted octanol–water partition coefficient (Wildman–Crippen LogP) is 0.335. The zero-order chi connectivity index (χ0) is 12.3. The fourth-order valence-corrected chi connectivity index (χ4v) is 1.73. The average Bonchev–Trinajstić information content (AvgIpc) is 2.49. The molecule has 0 unspecified atom stereocenters. The Labute approximate surface area is 98.0 Å². The highest BCUT2D eigenvalue weighted by Gasteiger charge is 2.13. The van der Waals surface area contributed by atoms with Gasteiger partial charge < -0.3 is 5.32 Å². The Morgan fingerprint density at radius 3 is 2.69 bits per heavy atom. The van der Waals surface area contributed by atoms with Crippen LogP contribution in [-0.2, 0) is 20.4 Å². The molecule has 0 spiro atoms. The lowest BCUT2D eigenvalue weighted by molar-refractivity contribution is -0.122. The SMILES string of the molecule is CC(C)NC(=O)Cn1cc(S(=O)(=O)Cl)cn1. The van der Waals surface area contributed by atoms with E-state index in [4.69, 9.17) is 10.7 Å². The summed E-state index contributed by atoms with van der Waals surface area (Å²) in [6, 6.07) is 0.0271. The maximum Gasteiger partial charge on any atom is 0.264 e. The van der Waals surface area contributed by atoms with Crippen molar-refractivity contribution in [2.24, 2.45) is 0 Å². The number of halogens is 1. The number of carbonyl (C=O) groups is 1. The van der Waals surface area contributed by atoms with Crippen molar-refractivity contribution < 1.29 is 13.2 Å². The van der Waals surface area contributed by atoms with Crippen molar-refractivity contribution in [3.63, 3.8) is 0 Å². The Morgan fingerprint density at radius 1 is 1.62 bits per heavy atom. The van der Waals surface area contributed by atoms with E-state index in [1.807, 2.05) is 13.8 Å². The molecule has 0 aliphatic heterocycles. The molecule has 1 N–H and O–H groups in total. The van der Waals surface area contributed by atoms with Gasteiger partial charge in [-0.15, -0.1) is 0 Å². The molecule has 0 atom stereocenters. The van der Waals surface area contributed by atoms with Crippen LogP contribution in [0.4, 0.5) is 0 Å². The van der Waals surface area contributed by atoms with Gasteiger partial charge in [-0.25, -0.2) is 8.42 Å². The fraction of sp³-hybridized carbons (Fsp3) is 0.500. The maximum absolute atomic E-state index is 11.3. The van der Waals surface area contributed by atoms with Gasteiger partial charge in [-0.1, -0.05) is 0 Å². The van der Waals surface area contributed by atoms with E-state index in [-0.39, 0.29) is 23.4 Å². The Balaban J connectivity index is 2.70. The lowest BCUT2D eigenvalue weighted by Crippen LogP contribution is -2.33. The van der Waals surface area contributed by atoms with E-state index in [0.29, 0.717) is 0 Å². The van der Waals surface area contributed by atoms with Crippen LogP contribution in [0, 0.1) is 0 Å². The van der Waals surface area contributed by atoms with Gasteiger partial charge in [-0.2, -0.15) is 5.10 Å². The fourth-order valence-electron chi connectivity index (χ4n) is 1.07. The summed E-state index contributed by atoms with van der Waals surface area (Å²) in [7, 11) is 1.33. The van der Waals surface area contributed by atoms with Gasteiger partial charge in [0.05, 0.1) is 6.20 Å². The molecule has 0 aromatic carbocycles. The molecule has 6 nitrogen and oxygen atoms in total. The number of aromatic nitrogens is 2. The second-order valence-corrected chi connectivity index (χ2v) is 6.10. The van der Waals surface area contributed by atoms with Crippen LogP contribution in [0.5, 0.6) is 0 Å². The summed E-state index contributed by atoms with van der Waals surface area (Å²) >= 11 is 0. The quantitative estimate of drug-likeness (QED) is 0.796. The monoisotopic (exact) mass is 265 g/mol. The minimum absolute atomic E-state index is 0.0271. The highest BCUT2D eigenvalue weighted by Crippen LogP contribution is 2.12. The molecule has 90 valence electrons. The number of hydrogen-bond acceptors (Lipinski definition) is 4. The Bertz CT molecular complexity index is 480. The molecule has 1 rings (SSSR count). The highest BCUT2D eigenvalue weighted by molar-refractivity contribution is 8.13. The lowest BCUT2D eigenvalue weighted by atomic mass is 10.4. The second-order valence-electron chi connectivity index (χ2n) is 3.53. The summed E-state index contributed by atoms with van der Waals surface area (Å²) in [4.78, 5) is 11.2. The molecule has 0 bridgehead atoms. The topological polar surface area (TPSA) is 81.1 Å². The molecule has 1 aromatic rings. The van der Waals surface area contributed by atoms with Crippen molar-refractivity contribution in [2.75, 3.05) is 0 Å². The average molecular weight is 266 g/mol. The molecule has 0 aliphatic carbocycles. The van der Waals surface area contributed by atoms with Crippen molar-refractivity contribution >= 4 is 25.6 Å². The zero-order valence-electron chi connectivity index (χ0n) is 8.84. The molecule has 8 heteroatoms. The van der Waals surface area contributed by atoms with Crippen LogP contribution in [0.3, 0.4) is 0 Å². The summed E-state index contributed by atoms with van der Waals surface area (Å²) < 4.78 is 23.1. The first-order chi connectivity index (χ1) is 7.29. The number of amides is 1. The Hall–Kier alpha value is -1.08. The minimum Gasteiger partial charge on any atom is -0.352 e. The van der Waals surface area contributed by atoms with Crippen LogP contribution in [0.1, 0.15) is 13.8 Å². The largest absolute Gasteiger partial charge is 0.352 e. The molecule has 16 heavy (non-hydrogen) atoms. The first-order valence-electron chi connectivity index (χ1n) is 4.55. The third-order valence-electron chi connectivity index (χ3n) is 1.65. The summed E-state index contributed by atoms with van der Waals surface area (Å²) in [5, 5.41) is 6.38. The van der Waals surface area contributed by atoms with Crippen LogP contribution in [0.2, 0.25) is 0 Å². The van der Waals surface area contributed by atoms with Crippen molar-refractivity contribution in [3.05, 3.63) is 12.4 Å². The minimum atomic E-state index is -3.78. The van der Waals surface area contributed by atoms with Gasteiger partial charge in [0, 0.05) is 22.9 Å². The number of nitrogens with zero attached hydrogens (tertiary/aromatic N) is 2. The number of rotatable bonds is 4. The van der Waals surface area contributed by atoms with Gasteiger partial charge in [0.1, 0.15) is 11.4 Å². The molecule has 0 saturated carbocycles. The zero-order valence-corrected chi connectivity index (χ0v) is 10.4. The standard InChI is InChI=1S/C8H12ClN3O3S/c1-6(2)11-8(13)5-12-4-7(3-10-12)16(9,14)15/h3-4,6H,5H2,1-2H3,(H,11,13). The molecular weight excluding hydrogens is 254 g/mol. The Kier molecular flexibility index (Phi) is 3.93. The molecule has 0 fully saturated rings. The van der Waals surface area contributed by atoms with E-state index in [1.165, 1.54) is 10.9 Å². The molecule has 1 aromatic heterocycles. The number of hydrogen-bond donors (Lipinski definition) is 1. The summed E-state index contributed by atoms with van der Waals surface area (Å²) in [5.74, 6) is -0.239. The molecule has 0 radical (unpaired) electrons. The van der Waals surface area contributed by atoms with Gasteiger partial charge in [0.2, 0.25) is 5.91 Å². The van der Waals surface area contributed by atoms with E-state index in [9.17, 15) is 13.2 Å². The Morgan fingerprint density at radius 2 is 2.25 bits per heavy atom. The van der Waals surface area contributed by atoms with Gasteiger partial charge in [0.15, 0.2) is 0 Å². The maximum atomic E-state index is 11.3. The van der Waals surface area contributed by atoms with Crippen LogP contribution in [0.15, 0.2) is 17.3 Å². The summed E-state index contributed by atoms with van der Waals surface area (Å²) in [6.45, 7) is 3.62. The van der Waals surface area contributed by atoms with E-state index >= 15 is 0 Å². The van der Waals surface area contributed by atoms with Crippen LogP contribution >= 0.6 is 10.7 Å². The second kappa shape index (κ2) is 4.84. The number of carbonyl (C=O) groups excluding carboxylic acids is 1. The van der Waals surface area contributed by atoms with Gasteiger partial charge in [-0.3, -0.25) is 9.48 Å². The van der Waals surface area contributed by atoms with E-state index in [0.717, 1.165) is 6.20 Å². The normalized spacial score (nSPS) is 11.8. The van der Waals surface area contributed by atoms with Crippen LogP contribution in [0.25, 0.3) is 0 Å². The van der Waals surface area contributed by atoms with Gasteiger partial charge in [0.25, 0.3) is 9.05 Å². The third kappa shape index (κ3) is 3.82.